The molecule has 0 fully saturated rings. The number of amides is 1. The highest BCUT2D eigenvalue weighted by molar-refractivity contribution is 5.76. The van der Waals surface area contributed by atoms with Crippen LogP contribution in [0.1, 0.15) is 47.0 Å². The van der Waals surface area contributed by atoms with Gasteiger partial charge >= 0.3 is 0 Å². The molecular formula is C15H25NO. The highest BCUT2D eigenvalue weighted by atomic mass is 16.2. The number of rotatable bonds is 6. The second-order valence-electron chi connectivity index (χ2n) is 5.27. The van der Waals surface area contributed by atoms with E-state index in [2.05, 4.69) is 32.1 Å². The van der Waals surface area contributed by atoms with Gasteiger partial charge in [-0.1, -0.05) is 37.6 Å². The van der Waals surface area contributed by atoms with Crippen molar-refractivity contribution in [1.82, 2.24) is 4.90 Å². The molecule has 0 aromatic heterocycles. The summed E-state index contributed by atoms with van der Waals surface area (Å²) in [6, 6.07) is 0. The first-order chi connectivity index (χ1) is 8.01. The van der Waals surface area contributed by atoms with Crippen molar-refractivity contribution >= 4 is 5.91 Å². The molecule has 0 saturated carbocycles. The van der Waals surface area contributed by atoms with Crippen molar-refractivity contribution in [3.63, 3.8) is 0 Å². The van der Waals surface area contributed by atoms with Gasteiger partial charge in [0.25, 0.3) is 0 Å². The number of nitrogens with zero attached hydrogens (tertiary/aromatic N) is 1. The van der Waals surface area contributed by atoms with Crippen molar-refractivity contribution in [2.45, 2.75) is 47.0 Å². The highest BCUT2D eigenvalue weighted by Crippen LogP contribution is 2.36. The van der Waals surface area contributed by atoms with Crippen molar-refractivity contribution < 1.29 is 4.79 Å². The lowest BCUT2D eigenvalue weighted by atomic mass is 9.79. The van der Waals surface area contributed by atoms with Crippen molar-refractivity contribution in [3.05, 3.63) is 23.8 Å². The van der Waals surface area contributed by atoms with Crippen LogP contribution in [0.15, 0.2) is 23.8 Å². The molecule has 2 nitrogen and oxygen atoms in total. The fourth-order valence-electron chi connectivity index (χ4n) is 2.26. The lowest BCUT2D eigenvalue weighted by Crippen LogP contribution is -2.31. The van der Waals surface area contributed by atoms with Gasteiger partial charge in [0.2, 0.25) is 5.91 Å². The molecule has 0 aromatic carbocycles. The molecule has 0 unspecified atom stereocenters. The Hall–Kier alpha value is -1.05. The molecule has 0 aromatic rings. The van der Waals surface area contributed by atoms with Gasteiger partial charge in [-0.25, -0.2) is 0 Å². The second-order valence-corrected chi connectivity index (χ2v) is 5.27. The molecule has 0 N–H and O–H groups in total. The Morgan fingerprint density at radius 2 is 2.00 bits per heavy atom. The third-order valence-corrected chi connectivity index (χ3v) is 3.72. The minimum atomic E-state index is 0.145. The fourth-order valence-corrected chi connectivity index (χ4v) is 2.26. The Kier molecular flexibility index (Phi) is 4.98. The predicted octanol–water partition coefficient (Wildman–Crippen LogP) is 3.55. The number of carbonyl (C=O) groups is 1. The topological polar surface area (TPSA) is 20.3 Å². The normalized spacial score (nSPS) is 14.9. The second kappa shape index (κ2) is 6.04. The molecule has 1 amide bonds. The van der Waals surface area contributed by atoms with Crippen LogP contribution in [-0.4, -0.2) is 23.9 Å². The molecule has 17 heavy (non-hydrogen) atoms. The van der Waals surface area contributed by atoms with Crippen molar-refractivity contribution in [3.8, 4) is 0 Å². The van der Waals surface area contributed by atoms with Gasteiger partial charge in [0.1, 0.15) is 0 Å². The summed E-state index contributed by atoms with van der Waals surface area (Å²) in [5.41, 5.74) is 1.59. The minimum absolute atomic E-state index is 0.145. The maximum atomic E-state index is 12.0. The van der Waals surface area contributed by atoms with Crippen LogP contribution >= 0.6 is 0 Å². The Balaban J connectivity index is 2.46. The molecule has 2 heteroatoms. The van der Waals surface area contributed by atoms with Gasteiger partial charge in [-0.05, 0) is 32.1 Å². The molecule has 0 radical (unpaired) electrons. The summed E-state index contributed by atoms with van der Waals surface area (Å²) in [7, 11) is 0. The average Bonchev–Trinajstić information content (AvgIpc) is 2.82. The summed E-state index contributed by atoms with van der Waals surface area (Å²) in [5.74, 6) is 0.287. The predicted molar refractivity (Wildman–Crippen MR) is 72.8 cm³/mol. The van der Waals surface area contributed by atoms with E-state index in [9.17, 15) is 4.79 Å². The lowest BCUT2D eigenvalue weighted by Gasteiger charge is -2.28. The summed E-state index contributed by atoms with van der Waals surface area (Å²) in [6.45, 7) is 10.2. The number of hydrogen-bond donors (Lipinski definition) is 0. The zero-order valence-corrected chi connectivity index (χ0v) is 11.6. The molecule has 1 aliphatic carbocycles. The molecule has 1 aliphatic rings. The first kappa shape index (κ1) is 14.0. The maximum Gasteiger partial charge on any atom is 0.222 e. The molecular weight excluding hydrogens is 210 g/mol. The zero-order valence-electron chi connectivity index (χ0n) is 11.6. The van der Waals surface area contributed by atoms with Crippen LogP contribution in [0.2, 0.25) is 0 Å². The molecule has 0 aliphatic heterocycles. The van der Waals surface area contributed by atoms with Crippen molar-refractivity contribution in [2.24, 2.45) is 5.41 Å². The average molecular weight is 235 g/mol. The molecule has 0 spiro atoms. The van der Waals surface area contributed by atoms with Crippen LogP contribution in [0.3, 0.4) is 0 Å². The number of allylic oxidation sites excluding steroid dienone is 4. The Morgan fingerprint density at radius 1 is 1.35 bits per heavy atom. The Labute approximate surface area is 105 Å². The first-order valence-electron chi connectivity index (χ1n) is 6.65. The van der Waals surface area contributed by atoms with Crippen LogP contribution in [0.5, 0.6) is 0 Å². The van der Waals surface area contributed by atoms with Crippen LogP contribution in [0.25, 0.3) is 0 Å². The lowest BCUT2D eigenvalue weighted by molar-refractivity contribution is -0.131. The third-order valence-electron chi connectivity index (χ3n) is 3.72. The third kappa shape index (κ3) is 3.72. The molecule has 0 atom stereocenters. The van der Waals surface area contributed by atoms with Gasteiger partial charge in [0.15, 0.2) is 0 Å². The van der Waals surface area contributed by atoms with E-state index in [4.69, 9.17) is 0 Å². The number of hydrogen-bond acceptors (Lipinski definition) is 1. The summed E-state index contributed by atoms with van der Waals surface area (Å²) in [4.78, 5) is 13.9. The van der Waals surface area contributed by atoms with E-state index in [0.717, 1.165) is 25.9 Å². The van der Waals surface area contributed by atoms with Crippen LogP contribution in [0.4, 0.5) is 0 Å². The Bertz CT molecular complexity index is 322. The number of carbonyl (C=O) groups excluding carboxylic acids is 1. The van der Waals surface area contributed by atoms with Gasteiger partial charge in [-0.15, -0.1) is 0 Å². The van der Waals surface area contributed by atoms with E-state index < -0.39 is 0 Å². The van der Waals surface area contributed by atoms with E-state index in [1.54, 1.807) is 0 Å². The van der Waals surface area contributed by atoms with Crippen molar-refractivity contribution in [1.29, 1.82) is 0 Å². The minimum Gasteiger partial charge on any atom is -0.343 e. The molecule has 0 bridgehead atoms. The fraction of sp³-hybridized carbons (Fsp3) is 0.667. The van der Waals surface area contributed by atoms with Gasteiger partial charge in [0, 0.05) is 19.5 Å². The van der Waals surface area contributed by atoms with Crippen LogP contribution in [0, 0.1) is 5.41 Å². The standard InChI is InChI=1S/C15H25NO/c1-5-16(6-2)14(17)11-12-15(3,4)13-9-7-8-10-13/h7-9H,5-6,10-12H2,1-4H3. The monoisotopic (exact) mass is 235 g/mol. The Morgan fingerprint density at radius 3 is 2.47 bits per heavy atom. The molecule has 0 heterocycles. The van der Waals surface area contributed by atoms with Gasteiger partial charge in [-0.2, -0.15) is 0 Å². The van der Waals surface area contributed by atoms with Crippen LogP contribution in [-0.2, 0) is 4.79 Å². The highest BCUT2D eigenvalue weighted by Gasteiger charge is 2.25. The maximum absolute atomic E-state index is 12.0. The summed E-state index contributed by atoms with van der Waals surface area (Å²) >= 11 is 0. The summed E-state index contributed by atoms with van der Waals surface area (Å²) in [5, 5.41) is 0. The summed E-state index contributed by atoms with van der Waals surface area (Å²) in [6.07, 6.45) is 9.14. The van der Waals surface area contributed by atoms with E-state index >= 15 is 0 Å². The molecule has 0 saturated heterocycles. The van der Waals surface area contributed by atoms with Gasteiger partial charge in [0.05, 0.1) is 0 Å². The van der Waals surface area contributed by atoms with Crippen molar-refractivity contribution in [2.75, 3.05) is 13.1 Å². The summed E-state index contributed by atoms with van der Waals surface area (Å²) < 4.78 is 0. The van der Waals surface area contributed by atoms with Crippen LogP contribution < -0.4 is 0 Å². The molecule has 96 valence electrons. The van der Waals surface area contributed by atoms with E-state index in [0.29, 0.717) is 6.42 Å². The van der Waals surface area contributed by atoms with E-state index in [-0.39, 0.29) is 11.3 Å². The SMILES string of the molecule is CCN(CC)C(=O)CCC(C)(C)C1=CC=CC1. The zero-order chi connectivity index (χ0) is 12.9. The van der Waals surface area contributed by atoms with E-state index in [1.807, 2.05) is 18.7 Å². The quantitative estimate of drug-likeness (QED) is 0.689. The van der Waals surface area contributed by atoms with E-state index in [1.165, 1.54) is 5.57 Å². The van der Waals surface area contributed by atoms with Gasteiger partial charge in [-0.3, -0.25) is 4.79 Å². The smallest absolute Gasteiger partial charge is 0.222 e. The van der Waals surface area contributed by atoms with Gasteiger partial charge < -0.3 is 4.90 Å². The first-order valence-corrected chi connectivity index (χ1v) is 6.65. The molecule has 1 rings (SSSR count). The largest absolute Gasteiger partial charge is 0.343 e.